The van der Waals surface area contributed by atoms with Crippen molar-refractivity contribution < 1.29 is 45.5 Å². The quantitative estimate of drug-likeness (QED) is 0.0415. The van der Waals surface area contributed by atoms with Crippen LogP contribution in [0.5, 0.6) is 34.8 Å². The van der Waals surface area contributed by atoms with Crippen LogP contribution in [0, 0.1) is 37.9 Å². The Morgan fingerprint density at radius 1 is 0.918 bits per heavy atom. The molecule has 0 aliphatic heterocycles. The molecule has 5 aromatic carbocycles. The number of aromatic amines is 1. The largest absolute Gasteiger partial charge is 0.479 e. The number of aromatic nitrogens is 4. The second-order valence-corrected chi connectivity index (χ2v) is 19.4. The standard InChI is InChI=1S/C20H20FNO4.C19H16Cl2N2O4S.C14H13ClN2O2/c1-3-4-11-24-20(23)14(2)25-16-6-8-17(9-7-16)26-19-10-5-15(13-22)12-18(19)21;1-11-4-7-14(8-5-11)28(25,26)27-19-17(12(2)22-23(19)3)18(24)15-9-6-13(20)10-16(15)21;1-8-3-2-4-10(9-5-6-9)13(8)19-14-11(18)7-12(15)16-17-14/h5-10,12,14H,3-4,11H2,1-2H3;4-10H,1-3H3;2-4,7,9H,5-6H2,1H3,(H,16,18)/t14-;;/m1../s1. The predicted octanol–water partition coefficient (Wildman–Crippen LogP) is 12.3. The van der Waals surface area contributed by atoms with Crippen LogP contribution in [-0.2, 0) is 26.7 Å². The fourth-order valence-corrected chi connectivity index (χ4v) is 8.38. The van der Waals surface area contributed by atoms with Crippen molar-refractivity contribution >= 4 is 56.7 Å². The number of hydrogen-bond acceptors (Lipinski definition) is 13. The Bertz CT molecular complexity index is 3320. The molecule has 0 spiro atoms. The lowest BCUT2D eigenvalue weighted by atomic mass is 10.0. The molecule has 380 valence electrons. The molecular formula is C53H49Cl3FN5O10S. The summed E-state index contributed by atoms with van der Waals surface area (Å²) in [5.41, 5.74) is 3.45. The van der Waals surface area contributed by atoms with E-state index in [9.17, 15) is 27.2 Å². The van der Waals surface area contributed by atoms with Crippen LogP contribution in [0.1, 0.15) is 89.3 Å². The molecule has 1 N–H and O–H groups in total. The lowest BCUT2D eigenvalue weighted by molar-refractivity contribution is -0.151. The van der Waals surface area contributed by atoms with Crippen molar-refractivity contribution in [3.8, 4) is 40.8 Å². The highest BCUT2D eigenvalue weighted by molar-refractivity contribution is 7.87. The summed E-state index contributed by atoms with van der Waals surface area (Å²) in [6.45, 7) is 9.40. The van der Waals surface area contributed by atoms with Gasteiger partial charge in [-0.05, 0) is 137 Å². The van der Waals surface area contributed by atoms with Crippen LogP contribution < -0.4 is 23.8 Å². The van der Waals surface area contributed by atoms with E-state index in [0.29, 0.717) is 34.7 Å². The first kappa shape index (κ1) is 55.1. The van der Waals surface area contributed by atoms with Gasteiger partial charge in [-0.25, -0.2) is 13.9 Å². The minimum atomic E-state index is -4.16. The van der Waals surface area contributed by atoms with Crippen LogP contribution in [0.25, 0.3) is 0 Å². The molecule has 0 bridgehead atoms. The van der Waals surface area contributed by atoms with E-state index in [2.05, 4.69) is 15.3 Å². The first-order chi connectivity index (χ1) is 34.8. The van der Waals surface area contributed by atoms with Crippen LogP contribution in [0.4, 0.5) is 4.39 Å². The number of para-hydroxylation sites is 1. The number of nitrogens with one attached hydrogen (secondary N) is 1. The van der Waals surface area contributed by atoms with Crippen molar-refractivity contribution in [2.24, 2.45) is 7.05 Å². The van der Waals surface area contributed by atoms with Gasteiger partial charge in [-0.2, -0.15) is 18.8 Å². The Hall–Kier alpha value is -7.23. The molecule has 0 saturated heterocycles. The summed E-state index contributed by atoms with van der Waals surface area (Å²) in [5.74, 6) is 0.469. The Morgan fingerprint density at radius 3 is 2.25 bits per heavy atom. The highest BCUT2D eigenvalue weighted by Crippen LogP contribution is 2.46. The number of hydrogen-bond donors (Lipinski definition) is 1. The Labute approximate surface area is 436 Å². The van der Waals surface area contributed by atoms with Gasteiger partial charge in [0.25, 0.3) is 5.88 Å². The number of ketones is 1. The molecule has 1 aliphatic carbocycles. The van der Waals surface area contributed by atoms with Gasteiger partial charge in [0, 0.05) is 23.7 Å². The zero-order chi connectivity index (χ0) is 53.0. The first-order valence-corrected chi connectivity index (χ1v) is 25.2. The van der Waals surface area contributed by atoms with Gasteiger partial charge in [-0.15, -0.1) is 5.10 Å². The van der Waals surface area contributed by atoms with Gasteiger partial charge in [-0.1, -0.05) is 84.0 Å². The number of carbonyl (C=O) groups is 2. The smallest absolute Gasteiger partial charge is 0.347 e. The summed E-state index contributed by atoms with van der Waals surface area (Å²) < 4.78 is 67.5. The molecule has 2 heterocycles. The van der Waals surface area contributed by atoms with Crippen LogP contribution in [0.2, 0.25) is 15.2 Å². The molecule has 1 fully saturated rings. The van der Waals surface area contributed by atoms with E-state index < -0.39 is 33.8 Å². The second-order valence-electron chi connectivity index (χ2n) is 16.6. The molecule has 20 heteroatoms. The molecule has 73 heavy (non-hydrogen) atoms. The van der Waals surface area contributed by atoms with E-state index in [1.54, 1.807) is 50.2 Å². The monoisotopic (exact) mass is 1070 g/mol. The van der Waals surface area contributed by atoms with Crippen LogP contribution >= 0.6 is 34.8 Å². The molecular weight excluding hydrogens is 1020 g/mol. The second kappa shape index (κ2) is 24.9. The Balaban J connectivity index is 0.000000182. The summed E-state index contributed by atoms with van der Waals surface area (Å²) >= 11 is 17.7. The van der Waals surface area contributed by atoms with E-state index in [0.717, 1.165) is 41.3 Å². The maximum absolute atomic E-state index is 13.8. The average Bonchev–Trinajstić information content (AvgIpc) is 4.16. The maximum atomic E-state index is 13.8. The third kappa shape index (κ3) is 14.9. The number of H-pyrrole nitrogens is 1. The SMILES string of the molecule is CCCCOC(=O)[C@@H](C)Oc1ccc(Oc2ccc(C#N)cc2F)cc1.Cc1ccc(S(=O)(=O)Oc2c(C(=O)c3ccc(Cl)cc3Cl)c(C)nn2C)cc1.Cc1cccc(C2CC2)c1Oc1n[nH]c(Cl)cc1=O. The summed E-state index contributed by atoms with van der Waals surface area (Å²) in [4.78, 5) is 36.6. The highest BCUT2D eigenvalue weighted by Gasteiger charge is 2.30. The maximum Gasteiger partial charge on any atom is 0.347 e. The molecule has 2 aromatic heterocycles. The Kier molecular flexibility index (Phi) is 18.8. The fraction of sp³-hybridized carbons (Fsp3) is 0.245. The van der Waals surface area contributed by atoms with Crippen molar-refractivity contribution in [3.63, 3.8) is 0 Å². The van der Waals surface area contributed by atoms with Crippen LogP contribution in [0.3, 0.4) is 0 Å². The van der Waals surface area contributed by atoms with Crippen molar-refractivity contribution in [2.75, 3.05) is 6.61 Å². The minimum absolute atomic E-state index is 0.0161. The lowest BCUT2D eigenvalue weighted by Crippen LogP contribution is -2.26. The number of unbranched alkanes of at least 4 members (excludes halogenated alkanes) is 1. The van der Waals surface area contributed by atoms with Gasteiger partial charge >= 0.3 is 16.1 Å². The molecule has 1 aliphatic rings. The van der Waals surface area contributed by atoms with Gasteiger partial charge < -0.3 is 23.1 Å². The summed E-state index contributed by atoms with van der Waals surface area (Å²) in [7, 11) is -2.67. The van der Waals surface area contributed by atoms with Crippen molar-refractivity contribution in [1.82, 2.24) is 20.0 Å². The van der Waals surface area contributed by atoms with Gasteiger partial charge in [-0.3, -0.25) is 14.7 Å². The number of benzene rings is 5. The van der Waals surface area contributed by atoms with E-state index in [1.165, 1.54) is 73.1 Å². The van der Waals surface area contributed by atoms with E-state index in [1.807, 2.05) is 45.0 Å². The van der Waals surface area contributed by atoms with Crippen molar-refractivity contribution in [3.05, 3.63) is 180 Å². The zero-order valence-corrected chi connectivity index (χ0v) is 43.5. The van der Waals surface area contributed by atoms with E-state index in [4.69, 9.17) is 63.2 Å². The van der Waals surface area contributed by atoms with Gasteiger partial charge in [0.1, 0.15) is 32.9 Å². The molecule has 1 saturated carbocycles. The first-order valence-electron chi connectivity index (χ1n) is 22.7. The number of carbonyl (C=O) groups excluding carboxylic acids is 2. The predicted molar refractivity (Wildman–Crippen MR) is 274 cm³/mol. The number of halogens is 4. The average molecular weight is 1070 g/mol. The molecule has 0 radical (unpaired) electrons. The van der Waals surface area contributed by atoms with Crippen molar-refractivity contribution in [1.29, 1.82) is 5.26 Å². The van der Waals surface area contributed by atoms with Crippen molar-refractivity contribution in [2.45, 2.75) is 77.2 Å². The van der Waals surface area contributed by atoms with E-state index in [-0.39, 0.29) is 54.7 Å². The van der Waals surface area contributed by atoms with E-state index >= 15 is 0 Å². The topological polar surface area (TPSA) is 202 Å². The zero-order valence-electron chi connectivity index (χ0n) is 40.4. The van der Waals surface area contributed by atoms with Gasteiger partial charge in [0.2, 0.25) is 17.1 Å². The number of esters is 1. The van der Waals surface area contributed by atoms with Crippen LogP contribution in [-0.4, -0.2) is 52.9 Å². The lowest BCUT2D eigenvalue weighted by Gasteiger charge is -2.14. The molecule has 7 aromatic rings. The summed E-state index contributed by atoms with van der Waals surface area (Å²) in [6.07, 6.45) is 3.38. The minimum Gasteiger partial charge on any atom is -0.479 e. The number of aryl methyl sites for hydroxylation is 4. The number of nitrogens with zero attached hydrogens (tertiary/aromatic N) is 4. The van der Waals surface area contributed by atoms with Gasteiger partial charge in [0.05, 0.1) is 29.0 Å². The molecule has 0 unspecified atom stereocenters. The highest BCUT2D eigenvalue weighted by atomic mass is 35.5. The van der Waals surface area contributed by atoms with Gasteiger partial charge in [0.15, 0.2) is 17.7 Å². The normalized spacial score (nSPS) is 12.2. The third-order valence-corrected chi connectivity index (χ3v) is 12.7. The number of ether oxygens (including phenoxy) is 4. The molecule has 0 amide bonds. The Morgan fingerprint density at radius 2 is 1.62 bits per heavy atom. The number of nitriles is 1. The molecule has 15 nitrogen and oxygen atoms in total. The molecule has 1 atom stereocenters. The third-order valence-electron chi connectivity index (χ3n) is 10.8. The fourth-order valence-electron chi connectivity index (χ4n) is 6.78. The summed E-state index contributed by atoms with van der Waals surface area (Å²) in [6, 6.07) is 30.2. The molecule has 8 rings (SSSR count). The van der Waals surface area contributed by atoms with Crippen LogP contribution in [0.15, 0.2) is 119 Å². The number of rotatable bonds is 16. The summed E-state index contributed by atoms with van der Waals surface area (Å²) in [5, 5.41) is 20.0.